The summed E-state index contributed by atoms with van der Waals surface area (Å²) < 4.78 is 0. The van der Waals surface area contributed by atoms with E-state index in [2.05, 4.69) is 29.2 Å². The molecule has 0 saturated carbocycles. The van der Waals surface area contributed by atoms with Crippen LogP contribution in [0, 0.1) is 5.41 Å². The Labute approximate surface area is 106 Å². The monoisotopic (exact) mass is 247 g/mol. The molecule has 0 aromatic carbocycles. The van der Waals surface area contributed by atoms with Gasteiger partial charge in [-0.2, -0.15) is 0 Å². The van der Waals surface area contributed by atoms with Gasteiger partial charge in [-0.25, -0.2) is 4.98 Å². The summed E-state index contributed by atoms with van der Waals surface area (Å²) in [7, 11) is 0. The maximum Gasteiger partial charge on any atom is 0.0938 e. The van der Waals surface area contributed by atoms with Crippen molar-refractivity contribution in [2.24, 2.45) is 11.1 Å². The van der Waals surface area contributed by atoms with Gasteiger partial charge < -0.3 is 5.73 Å². The van der Waals surface area contributed by atoms with Crippen molar-refractivity contribution >= 4 is 11.3 Å². The molecule has 2 aromatic heterocycles. The van der Waals surface area contributed by atoms with Crippen molar-refractivity contribution in [1.82, 2.24) is 9.97 Å². The fourth-order valence-corrected chi connectivity index (χ4v) is 2.58. The van der Waals surface area contributed by atoms with Crippen LogP contribution in [0.2, 0.25) is 0 Å². The van der Waals surface area contributed by atoms with Gasteiger partial charge in [0.15, 0.2) is 0 Å². The molecule has 4 heteroatoms. The number of hydrogen-bond donors (Lipinski definition) is 1. The van der Waals surface area contributed by atoms with E-state index in [0.717, 1.165) is 22.7 Å². The summed E-state index contributed by atoms with van der Waals surface area (Å²) in [6.45, 7) is 5.01. The van der Waals surface area contributed by atoms with E-state index in [1.807, 2.05) is 18.3 Å². The van der Waals surface area contributed by atoms with Crippen molar-refractivity contribution < 1.29 is 0 Å². The molecule has 90 valence electrons. The molecule has 0 radical (unpaired) electrons. The fourth-order valence-electron chi connectivity index (χ4n) is 1.52. The Morgan fingerprint density at radius 2 is 2.24 bits per heavy atom. The molecule has 0 aliphatic heterocycles. The minimum Gasteiger partial charge on any atom is -0.330 e. The Hall–Kier alpha value is -1.26. The van der Waals surface area contributed by atoms with Crippen molar-refractivity contribution in [3.05, 3.63) is 34.9 Å². The van der Waals surface area contributed by atoms with Gasteiger partial charge in [0.05, 0.1) is 10.7 Å². The Balaban J connectivity index is 2.17. The van der Waals surface area contributed by atoms with E-state index in [-0.39, 0.29) is 5.41 Å². The number of nitrogens with zero attached hydrogens (tertiary/aromatic N) is 2. The van der Waals surface area contributed by atoms with E-state index in [1.54, 1.807) is 17.5 Å². The van der Waals surface area contributed by atoms with Gasteiger partial charge in [-0.15, -0.1) is 11.3 Å². The summed E-state index contributed by atoms with van der Waals surface area (Å²) in [5.74, 6) is 0. The zero-order chi connectivity index (χ0) is 12.3. The lowest BCUT2D eigenvalue weighted by Crippen LogP contribution is -2.25. The molecule has 2 aromatic rings. The Kier molecular flexibility index (Phi) is 3.54. The minimum absolute atomic E-state index is 0.115. The highest BCUT2D eigenvalue weighted by Gasteiger charge is 2.18. The molecule has 2 rings (SSSR count). The summed E-state index contributed by atoms with van der Waals surface area (Å²) in [5.41, 5.74) is 7.93. The van der Waals surface area contributed by atoms with Crippen molar-refractivity contribution in [1.29, 1.82) is 0 Å². The third kappa shape index (κ3) is 3.11. The molecule has 3 nitrogen and oxygen atoms in total. The maximum absolute atomic E-state index is 5.74. The van der Waals surface area contributed by atoms with Crippen LogP contribution in [-0.4, -0.2) is 16.5 Å². The molecule has 0 bridgehead atoms. The lowest BCUT2D eigenvalue weighted by atomic mass is 9.90. The Morgan fingerprint density at radius 3 is 2.88 bits per heavy atom. The van der Waals surface area contributed by atoms with E-state index in [1.165, 1.54) is 0 Å². The summed E-state index contributed by atoms with van der Waals surface area (Å²) >= 11 is 1.69. The predicted molar refractivity (Wildman–Crippen MR) is 71.9 cm³/mol. The fraction of sp³-hybridized carbons (Fsp3) is 0.385. The molecule has 0 aliphatic carbocycles. The van der Waals surface area contributed by atoms with Gasteiger partial charge in [-0.1, -0.05) is 13.8 Å². The summed E-state index contributed by atoms with van der Waals surface area (Å²) in [6, 6.07) is 3.96. The van der Waals surface area contributed by atoms with Gasteiger partial charge in [0.25, 0.3) is 0 Å². The first-order chi connectivity index (χ1) is 8.11. The summed E-state index contributed by atoms with van der Waals surface area (Å²) in [5, 5.41) is 3.22. The van der Waals surface area contributed by atoms with Gasteiger partial charge in [-0.05, 0) is 24.1 Å². The summed E-state index contributed by atoms with van der Waals surface area (Å²) in [6.07, 6.45) is 4.54. The van der Waals surface area contributed by atoms with E-state index >= 15 is 0 Å². The molecule has 2 N–H and O–H groups in total. The van der Waals surface area contributed by atoms with Gasteiger partial charge in [-0.3, -0.25) is 4.98 Å². The minimum atomic E-state index is 0.115. The third-order valence-corrected chi connectivity index (χ3v) is 3.54. The molecular formula is C13H17N3S. The van der Waals surface area contributed by atoms with E-state index < -0.39 is 0 Å². The second kappa shape index (κ2) is 4.94. The number of nitrogens with two attached hydrogens (primary N) is 1. The van der Waals surface area contributed by atoms with Crippen molar-refractivity contribution in [3.63, 3.8) is 0 Å². The van der Waals surface area contributed by atoms with Crippen molar-refractivity contribution in [3.8, 4) is 11.3 Å². The van der Waals surface area contributed by atoms with Crippen LogP contribution in [0.15, 0.2) is 29.9 Å². The van der Waals surface area contributed by atoms with E-state index in [9.17, 15) is 0 Å². The SMILES string of the molecule is CC(C)(CN)Cc1nc(-c2cccnc2)cs1. The first-order valence-electron chi connectivity index (χ1n) is 5.66. The van der Waals surface area contributed by atoms with Gasteiger partial charge in [0.1, 0.15) is 0 Å². The normalized spacial score (nSPS) is 11.7. The highest BCUT2D eigenvalue weighted by molar-refractivity contribution is 7.09. The number of thiazole rings is 1. The Morgan fingerprint density at radius 1 is 1.41 bits per heavy atom. The molecular weight excluding hydrogens is 230 g/mol. The zero-order valence-corrected chi connectivity index (χ0v) is 11.0. The average molecular weight is 247 g/mol. The first kappa shape index (κ1) is 12.2. The van der Waals surface area contributed by atoms with Gasteiger partial charge >= 0.3 is 0 Å². The smallest absolute Gasteiger partial charge is 0.0938 e. The molecule has 0 amide bonds. The standard InChI is InChI=1S/C13H17N3S/c1-13(2,9-14)6-12-16-11(8-17-12)10-4-3-5-15-7-10/h3-5,7-8H,6,9,14H2,1-2H3. The van der Waals surface area contributed by atoms with Crippen LogP contribution in [0.1, 0.15) is 18.9 Å². The van der Waals surface area contributed by atoms with Crippen LogP contribution in [-0.2, 0) is 6.42 Å². The quantitative estimate of drug-likeness (QED) is 0.903. The van der Waals surface area contributed by atoms with Gasteiger partial charge in [0.2, 0.25) is 0 Å². The van der Waals surface area contributed by atoms with E-state index in [0.29, 0.717) is 6.54 Å². The van der Waals surface area contributed by atoms with Crippen LogP contribution in [0.25, 0.3) is 11.3 Å². The van der Waals surface area contributed by atoms with Crippen LogP contribution in [0.3, 0.4) is 0 Å². The van der Waals surface area contributed by atoms with Crippen molar-refractivity contribution in [2.75, 3.05) is 6.54 Å². The number of hydrogen-bond acceptors (Lipinski definition) is 4. The molecule has 0 saturated heterocycles. The lowest BCUT2D eigenvalue weighted by Gasteiger charge is -2.20. The Bertz CT molecular complexity index is 476. The molecule has 2 heterocycles. The highest BCUT2D eigenvalue weighted by Crippen LogP contribution is 2.26. The first-order valence-corrected chi connectivity index (χ1v) is 6.53. The summed E-state index contributed by atoms with van der Waals surface area (Å²) in [4.78, 5) is 8.74. The number of rotatable bonds is 4. The largest absolute Gasteiger partial charge is 0.330 e. The lowest BCUT2D eigenvalue weighted by molar-refractivity contribution is 0.376. The second-order valence-electron chi connectivity index (χ2n) is 4.91. The number of aromatic nitrogens is 2. The van der Waals surface area contributed by atoms with E-state index in [4.69, 9.17) is 5.73 Å². The van der Waals surface area contributed by atoms with Crippen LogP contribution < -0.4 is 5.73 Å². The second-order valence-corrected chi connectivity index (χ2v) is 5.86. The zero-order valence-electron chi connectivity index (χ0n) is 10.2. The molecule has 0 spiro atoms. The average Bonchev–Trinajstić information content (AvgIpc) is 2.78. The van der Waals surface area contributed by atoms with Crippen LogP contribution >= 0.6 is 11.3 Å². The third-order valence-electron chi connectivity index (χ3n) is 2.69. The molecule has 0 atom stereocenters. The van der Waals surface area contributed by atoms with Crippen molar-refractivity contribution in [2.45, 2.75) is 20.3 Å². The maximum atomic E-state index is 5.74. The van der Waals surface area contributed by atoms with Crippen LogP contribution in [0.5, 0.6) is 0 Å². The molecule has 0 unspecified atom stereocenters. The molecule has 0 aliphatic rings. The van der Waals surface area contributed by atoms with Gasteiger partial charge in [0, 0.05) is 29.8 Å². The highest BCUT2D eigenvalue weighted by atomic mass is 32.1. The van der Waals surface area contributed by atoms with Crippen LogP contribution in [0.4, 0.5) is 0 Å². The number of pyridine rings is 1. The predicted octanol–water partition coefficient (Wildman–Crippen LogP) is 2.73. The topological polar surface area (TPSA) is 51.8 Å². The molecule has 0 fully saturated rings. The molecule has 17 heavy (non-hydrogen) atoms.